The van der Waals surface area contributed by atoms with E-state index in [4.69, 9.17) is 4.74 Å². The summed E-state index contributed by atoms with van der Waals surface area (Å²) in [5.41, 5.74) is -0.269. The van der Waals surface area contributed by atoms with Gasteiger partial charge in [0.25, 0.3) is 0 Å². The third-order valence-corrected chi connectivity index (χ3v) is 4.15. The van der Waals surface area contributed by atoms with Crippen LogP contribution in [0.3, 0.4) is 0 Å². The average Bonchev–Trinajstić information content (AvgIpc) is 2.61. The number of ether oxygens (including phenoxy) is 1. The summed E-state index contributed by atoms with van der Waals surface area (Å²) in [6.07, 6.45) is 1.94. The van der Waals surface area contributed by atoms with Crippen LogP contribution < -0.4 is 9.64 Å². The summed E-state index contributed by atoms with van der Waals surface area (Å²) in [6, 6.07) is 6.37. The minimum absolute atomic E-state index is 0.401. The van der Waals surface area contributed by atoms with Gasteiger partial charge in [-0.25, -0.2) is 0 Å². The van der Waals surface area contributed by atoms with Crippen LogP contribution in [0.25, 0.3) is 0 Å². The van der Waals surface area contributed by atoms with Gasteiger partial charge < -0.3 is 9.64 Å². The summed E-state index contributed by atoms with van der Waals surface area (Å²) in [7, 11) is 0. The van der Waals surface area contributed by atoms with Gasteiger partial charge in [-0.2, -0.15) is 13.2 Å². The Kier molecular flexibility index (Phi) is 4.87. The van der Waals surface area contributed by atoms with Gasteiger partial charge in [0.1, 0.15) is 11.4 Å². The van der Waals surface area contributed by atoms with Crippen molar-refractivity contribution in [2.24, 2.45) is 5.92 Å². The van der Waals surface area contributed by atoms with Gasteiger partial charge in [-0.1, -0.05) is 0 Å². The average molecular weight is 337 g/mol. The van der Waals surface area contributed by atoms with E-state index in [9.17, 15) is 13.2 Å². The van der Waals surface area contributed by atoms with Crippen LogP contribution in [0.1, 0.15) is 18.5 Å². The molecule has 0 amide bonds. The highest BCUT2D eigenvalue weighted by Crippen LogP contribution is 2.31. The Morgan fingerprint density at radius 1 is 1.08 bits per heavy atom. The minimum atomic E-state index is -4.41. The first-order valence-electron chi connectivity index (χ1n) is 7.83. The Labute approximate surface area is 138 Å². The maximum atomic E-state index is 12.8. The minimum Gasteiger partial charge on any atom is -0.493 e. The van der Waals surface area contributed by atoms with Crippen LogP contribution in [-0.2, 0) is 6.18 Å². The molecule has 4 nitrogen and oxygen atoms in total. The number of nitrogens with zero attached hydrogens (tertiary/aromatic N) is 3. The summed E-state index contributed by atoms with van der Waals surface area (Å²) in [4.78, 5) is 9.31. The van der Waals surface area contributed by atoms with E-state index in [1.807, 2.05) is 17.0 Å². The molecule has 0 N–H and O–H groups in total. The number of hydrogen-bond donors (Lipinski definition) is 0. The lowest BCUT2D eigenvalue weighted by molar-refractivity contribution is -0.141. The maximum absolute atomic E-state index is 12.8. The molecule has 0 spiro atoms. The van der Waals surface area contributed by atoms with Crippen LogP contribution in [0.4, 0.5) is 18.9 Å². The maximum Gasteiger partial charge on any atom is 0.433 e. The molecule has 2 aromatic rings. The number of hydrogen-bond acceptors (Lipinski definition) is 4. The number of rotatable bonds is 4. The standard InChI is InChI=1S/C17H18F3N3O/c18-17(19,20)16-11-14(1-8-22-16)23-9-4-13(5-10-23)12-24-15-2-6-21-7-3-15/h1-3,6-8,11,13H,4-5,9-10,12H2. The zero-order chi connectivity index (χ0) is 17.0. The molecule has 0 aromatic carbocycles. The molecule has 0 radical (unpaired) electrons. The number of halogens is 3. The number of pyridine rings is 2. The molecular formula is C17H18F3N3O. The number of piperidine rings is 1. The van der Waals surface area contributed by atoms with Crippen molar-refractivity contribution in [3.05, 3.63) is 48.5 Å². The molecule has 0 atom stereocenters. The highest BCUT2D eigenvalue weighted by Gasteiger charge is 2.33. The summed E-state index contributed by atoms with van der Waals surface area (Å²) >= 11 is 0. The Morgan fingerprint density at radius 2 is 1.79 bits per heavy atom. The van der Waals surface area contributed by atoms with Crippen molar-refractivity contribution < 1.29 is 17.9 Å². The van der Waals surface area contributed by atoms with Gasteiger partial charge in [0.05, 0.1) is 6.61 Å². The molecule has 24 heavy (non-hydrogen) atoms. The van der Waals surface area contributed by atoms with Crippen molar-refractivity contribution in [1.29, 1.82) is 0 Å². The van der Waals surface area contributed by atoms with Gasteiger partial charge in [0.15, 0.2) is 0 Å². The van der Waals surface area contributed by atoms with E-state index in [0.29, 0.717) is 31.3 Å². The number of alkyl halides is 3. The predicted octanol–water partition coefficient (Wildman–Crippen LogP) is 3.79. The van der Waals surface area contributed by atoms with Gasteiger partial charge in [-0.05, 0) is 43.0 Å². The molecule has 128 valence electrons. The van der Waals surface area contributed by atoms with Crippen LogP contribution in [0, 0.1) is 5.92 Å². The molecule has 0 bridgehead atoms. The smallest absolute Gasteiger partial charge is 0.433 e. The zero-order valence-electron chi connectivity index (χ0n) is 13.0. The Morgan fingerprint density at radius 3 is 2.46 bits per heavy atom. The summed E-state index contributed by atoms with van der Waals surface area (Å²) in [5.74, 6) is 1.19. The van der Waals surface area contributed by atoms with Gasteiger partial charge >= 0.3 is 6.18 Å². The van der Waals surface area contributed by atoms with E-state index >= 15 is 0 Å². The van der Waals surface area contributed by atoms with E-state index in [1.165, 1.54) is 6.20 Å². The van der Waals surface area contributed by atoms with Gasteiger partial charge in [0, 0.05) is 37.4 Å². The molecule has 1 aliphatic rings. The van der Waals surface area contributed by atoms with Gasteiger partial charge in [-0.3, -0.25) is 9.97 Å². The van der Waals surface area contributed by atoms with Crippen molar-refractivity contribution in [1.82, 2.24) is 9.97 Å². The van der Waals surface area contributed by atoms with Crippen LogP contribution >= 0.6 is 0 Å². The van der Waals surface area contributed by atoms with Crippen LogP contribution in [0.15, 0.2) is 42.9 Å². The van der Waals surface area contributed by atoms with E-state index in [1.54, 1.807) is 18.5 Å². The predicted molar refractivity (Wildman–Crippen MR) is 83.9 cm³/mol. The zero-order valence-corrected chi connectivity index (χ0v) is 13.0. The Balaban J connectivity index is 1.53. The Bertz CT molecular complexity index is 656. The molecule has 7 heteroatoms. The molecule has 1 aliphatic heterocycles. The van der Waals surface area contributed by atoms with Crippen molar-refractivity contribution in [3.63, 3.8) is 0 Å². The van der Waals surface area contributed by atoms with Crippen molar-refractivity contribution in [3.8, 4) is 5.75 Å². The fourth-order valence-corrected chi connectivity index (χ4v) is 2.78. The molecule has 3 heterocycles. The molecule has 0 aliphatic carbocycles. The third kappa shape index (κ3) is 4.15. The van der Waals surface area contributed by atoms with Crippen molar-refractivity contribution >= 4 is 5.69 Å². The normalized spacial score (nSPS) is 16.2. The monoisotopic (exact) mass is 337 g/mol. The molecule has 0 unspecified atom stereocenters. The lowest BCUT2D eigenvalue weighted by atomic mass is 9.97. The summed E-state index contributed by atoms with van der Waals surface area (Å²) in [5, 5.41) is 0. The highest BCUT2D eigenvalue weighted by atomic mass is 19.4. The fraction of sp³-hybridized carbons (Fsp3) is 0.412. The second kappa shape index (κ2) is 7.07. The highest BCUT2D eigenvalue weighted by molar-refractivity contribution is 5.47. The molecule has 1 saturated heterocycles. The number of aromatic nitrogens is 2. The molecule has 0 saturated carbocycles. The van der Waals surface area contributed by atoms with Crippen molar-refractivity contribution in [2.75, 3.05) is 24.6 Å². The first-order valence-corrected chi connectivity index (χ1v) is 7.83. The molecule has 3 rings (SSSR count). The SMILES string of the molecule is FC(F)(F)c1cc(N2CCC(COc3ccncc3)CC2)ccn1. The quantitative estimate of drug-likeness (QED) is 0.851. The second-order valence-electron chi connectivity index (χ2n) is 5.82. The van der Waals surface area contributed by atoms with E-state index in [2.05, 4.69) is 9.97 Å². The Hall–Kier alpha value is -2.31. The lowest BCUT2D eigenvalue weighted by Gasteiger charge is -2.33. The van der Waals surface area contributed by atoms with E-state index < -0.39 is 11.9 Å². The first-order chi connectivity index (χ1) is 11.5. The first kappa shape index (κ1) is 16.5. The molecular weight excluding hydrogens is 319 g/mol. The number of anilines is 1. The largest absolute Gasteiger partial charge is 0.493 e. The van der Waals surface area contributed by atoms with Gasteiger partial charge in [0.2, 0.25) is 0 Å². The topological polar surface area (TPSA) is 38.2 Å². The van der Waals surface area contributed by atoms with E-state index in [-0.39, 0.29) is 0 Å². The summed E-state index contributed by atoms with van der Waals surface area (Å²) < 4.78 is 44.0. The fourth-order valence-electron chi connectivity index (χ4n) is 2.78. The van der Waals surface area contributed by atoms with Crippen LogP contribution in [-0.4, -0.2) is 29.7 Å². The summed E-state index contributed by atoms with van der Waals surface area (Å²) in [6.45, 7) is 2.04. The lowest BCUT2D eigenvalue weighted by Crippen LogP contribution is -2.35. The van der Waals surface area contributed by atoms with E-state index in [0.717, 1.165) is 24.7 Å². The molecule has 2 aromatic heterocycles. The molecule has 1 fully saturated rings. The van der Waals surface area contributed by atoms with Gasteiger partial charge in [-0.15, -0.1) is 0 Å². The third-order valence-electron chi connectivity index (χ3n) is 4.15. The van der Waals surface area contributed by atoms with Crippen LogP contribution in [0.2, 0.25) is 0 Å². The second-order valence-corrected chi connectivity index (χ2v) is 5.82. The van der Waals surface area contributed by atoms with Crippen LogP contribution in [0.5, 0.6) is 5.75 Å². The van der Waals surface area contributed by atoms with Crippen molar-refractivity contribution in [2.45, 2.75) is 19.0 Å².